The maximum Gasteiger partial charge on any atom is 0.306 e. The Morgan fingerprint density at radius 2 is 0.833 bits per heavy atom. The molecular formula is C50H90O4. The van der Waals surface area contributed by atoms with Gasteiger partial charge in [0.05, 0.1) is 13.2 Å². The second-order valence-corrected chi connectivity index (χ2v) is 15.5. The smallest absolute Gasteiger partial charge is 0.306 e. The fraction of sp³-hybridized carbons (Fsp3) is 0.780. The van der Waals surface area contributed by atoms with Crippen molar-refractivity contribution in [2.45, 2.75) is 232 Å². The molecule has 1 unspecified atom stereocenters. The molecule has 0 aromatic carbocycles. The Morgan fingerprint density at radius 3 is 1.26 bits per heavy atom. The van der Waals surface area contributed by atoms with Crippen molar-refractivity contribution in [3.05, 3.63) is 60.8 Å². The van der Waals surface area contributed by atoms with Crippen molar-refractivity contribution in [1.29, 1.82) is 0 Å². The molecule has 0 saturated heterocycles. The van der Waals surface area contributed by atoms with Gasteiger partial charge in [0, 0.05) is 13.0 Å². The van der Waals surface area contributed by atoms with Crippen molar-refractivity contribution >= 4 is 5.97 Å². The van der Waals surface area contributed by atoms with E-state index in [-0.39, 0.29) is 12.6 Å². The molecule has 0 spiro atoms. The lowest BCUT2D eigenvalue weighted by Crippen LogP contribution is -2.27. The van der Waals surface area contributed by atoms with E-state index in [1.807, 2.05) is 0 Å². The first kappa shape index (κ1) is 52.1. The standard InChI is InChI=1S/C50H90O4/c1-3-5-7-9-11-13-15-17-19-21-22-23-24-25-26-27-28-29-31-33-35-37-39-41-43-45-50(52)54-49(47-51)48-53-46-44-42-40-38-36-34-32-30-20-18-16-14-12-10-8-6-4-2/h5,7,11,13,17,19,22-23,25-26,49,51H,3-4,6,8-10,12,14-16,18,20-21,24,27-48H2,1-2H3/b7-5-,13-11-,19-17-,23-22-,26-25-. The molecule has 0 saturated carbocycles. The number of esters is 1. The predicted octanol–water partition coefficient (Wildman–Crippen LogP) is 15.6. The first-order chi connectivity index (χ1) is 26.7. The first-order valence-corrected chi connectivity index (χ1v) is 23.4. The van der Waals surface area contributed by atoms with Crippen LogP contribution in [0.3, 0.4) is 0 Å². The number of aliphatic hydroxyl groups excluding tert-OH is 1. The average molecular weight is 755 g/mol. The Hall–Kier alpha value is -1.91. The van der Waals surface area contributed by atoms with Crippen LogP contribution < -0.4 is 0 Å². The average Bonchev–Trinajstić information content (AvgIpc) is 3.18. The third-order valence-electron chi connectivity index (χ3n) is 10.1. The summed E-state index contributed by atoms with van der Waals surface area (Å²) in [5, 5.41) is 9.62. The molecule has 0 aromatic heterocycles. The lowest BCUT2D eigenvalue weighted by atomic mass is 10.0. The van der Waals surface area contributed by atoms with Crippen LogP contribution in [-0.2, 0) is 14.3 Å². The molecule has 0 rings (SSSR count). The van der Waals surface area contributed by atoms with Crippen LogP contribution in [0, 0.1) is 0 Å². The number of unbranched alkanes of at least 4 members (excludes halogenated alkanes) is 25. The third-order valence-corrected chi connectivity index (χ3v) is 10.1. The van der Waals surface area contributed by atoms with Crippen molar-refractivity contribution < 1.29 is 19.4 Å². The van der Waals surface area contributed by atoms with Gasteiger partial charge in [-0.1, -0.05) is 222 Å². The zero-order chi connectivity index (χ0) is 39.1. The number of carbonyl (C=O) groups is 1. The van der Waals surface area contributed by atoms with E-state index in [0.29, 0.717) is 19.6 Å². The molecule has 0 aromatic rings. The molecule has 1 atom stereocenters. The molecule has 0 bridgehead atoms. The second-order valence-electron chi connectivity index (χ2n) is 15.5. The van der Waals surface area contributed by atoms with Gasteiger partial charge in [0.15, 0.2) is 0 Å². The summed E-state index contributed by atoms with van der Waals surface area (Å²) in [4.78, 5) is 12.2. The highest BCUT2D eigenvalue weighted by atomic mass is 16.6. The van der Waals surface area contributed by atoms with Crippen LogP contribution in [-0.4, -0.2) is 37.0 Å². The van der Waals surface area contributed by atoms with E-state index in [1.54, 1.807) is 0 Å². The summed E-state index contributed by atoms with van der Waals surface area (Å²) in [6.07, 6.45) is 62.9. The minimum absolute atomic E-state index is 0.174. The highest BCUT2D eigenvalue weighted by Gasteiger charge is 2.13. The highest BCUT2D eigenvalue weighted by Crippen LogP contribution is 2.15. The molecule has 314 valence electrons. The zero-order valence-corrected chi connectivity index (χ0v) is 36.0. The molecule has 1 N–H and O–H groups in total. The fourth-order valence-electron chi connectivity index (χ4n) is 6.65. The van der Waals surface area contributed by atoms with Gasteiger partial charge in [-0.15, -0.1) is 0 Å². The van der Waals surface area contributed by atoms with E-state index in [4.69, 9.17) is 9.47 Å². The van der Waals surface area contributed by atoms with Gasteiger partial charge in [-0.2, -0.15) is 0 Å². The number of hydrogen-bond acceptors (Lipinski definition) is 4. The minimum atomic E-state index is -0.538. The molecule has 0 aliphatic heterocycles. The third kappa shape index (κ3) is 44.5. The van der Waals surface area contributed by atoms with E-state index < -0.39 is 6.10 Å². The molecule has 54 heavy (non-hydrogen) atoms. The fourth-order valence-corrected chi connectivity index (χ4v) is 6.65. The Bertz CT molecular complexity index is 885. The summed E-state index contributed by atoms with van der Waals surface area (Å²) in [6, 6.07) is 0. The predicted molar refractivity (Wildman–Crippen MR) is 237 cm³/mol. The van der Waals surface area contributed by atoms with Gasteiger partial charge < -0.3 is 14.6 Å². The normalized spacial score (nSPS) is 12.9. The molecule has 0 heterocycles. The zero-order valence-electron chi connectivity index (χ0n) is 36.0. The molecule has 4 nitrogen and oxygen atoms in total. The van der Waals surface area contributed by atoms with Crippen LogP contribution >= 0.6 is 0 Å². The van der Waals surface area contributed by atoms with Crippen molar-refractivity contribution in [2.24, 2.45) is 0 Å². The summed E-state index contributed by atoms with van der Waals surface area (Å²) in [7, 11) is 0. The molecule has 0 aliphatic carbocycles. The van der Waals surface area contributed by atoms with Gasteiger partial charge in [0.1, 0.15) is 6.10 Å². The maximum absolute atomic E-state index is 12.2. The molecule has 0 fully saturated rings. The van der Waals surface area contributed by atoms with Crippen molar-refractivity contribution in [3.8, 4) is 0 Å². The van der Waals surface area contributed by atoms with Gasteiger partial charge in [0.2, 0.25) is 0 Å². The van der Waals surface area contributed by atoms with Gasteiger partial charge >= 0.3 is 5.97 Å². The van der Waals surface area contributed by atoms with Crippen LogP contribution in [0.2, 0.25) is 0 Å². The van der Waals surface area contributed by atoms with Crippen LogP contribution in [0.25, 0.3) is 0 Å². The van der Waals surface area contributed by atoms with Crippen LogP contribution in [0.1, 0.15) is 226 Å². The summed E-state index contributed by atoms with van der Waals surface area (Å²) in [5.74, 6) is -0.206. The van der Waals surface area contributed by atoms with Gasteiger partial charge in [-0.25, -0.2) is 0 Å². The summed E-state index contributed by atoms with van der Waals surface area (Å²) in [6.45, 7) is 5.25. The number of rotatable bonds is 43. The molecule has 0 amide bonds. The minimum Gasteiger partial charge on any atom is -0.457 e. The van der Waals surface area contributed by atoms with Crippen LogP contribution in [0.4, 0.5) is 0 Å². The maximum atomic E-state index is 12.2. The van der Waals surface area contributed by atoms with Crippen LogP contribution in [0.15, 0.2) is 60.8 Å². The quantitative estimate of drug-likeness (QED) is 0.0383. The molecule has 4 heteroatoms. The van der Waals surface area contributed by atoms with Gasteiger partial charge in [-0.3, -0.25) is 4.79 Å². The topological polar surface area (TPSA) is 55.8 Å². The van der Waals surface area contributed by atoms with E-state index in [1.165, 1.54) is 154 Å². The number of hydrogen-bond donors (Lipinski definition) is 1. The van der Waals surface area contributed by atoms with Gasteiger partial charge in [0.25, 0.3) is 0 Å². The summed E-state index contributed by atoms with van der Waals surface area (Å²) >= 11 is 0. The van der Waals surface area contributed by atoms with E-state index >= 15 is 0 Å². The number of carbonyl (C=O) groups excluding carboxylic acids is 1. The Balaban J connectivity index is 3.44. The van der Waals surface area contributed by atoms with Crippen molar-refractivity contribution in [2.75, 3.05) is 19.8 Å². The number of aliphatic hydroxyl groups is 1. The monoisotopic (exact) mass is 755 g/mol. The second kappa shape index (κ2) is 47.2. The van der Waals surface area contributed by atoms with Crippen molar-refractivity contribution in [3.63, 3.8) is 0 Å². The number of allylic oxidation sites excluding steroid dienone is 10. The number of ether oxygens (including phenoxy) is 2. The lowest BCUT2D eigenvalue weighted by Gasteiger charge is -2.16. The first-order valence-electron chi connectivity index (χ1n) is 23.4. The van der Waals surface area contributed by atoms with Gasteiger partial charge in [-0.05, 0) is 57.8 Å². The van der Waals surface area contributed by atoms with E-state index in [0.717, 1.165) is 51.4 Å². The lowest BCUT2D eigenvalue weighted by molar-refractivity contribution is -0.154. The molecule has 0 radical (unpaired) electrons. The van der Waals surface area contributed by atoms with E-state index in [2.05, 4.69) is 74.6 Å². The van der Waals surface area contributed by atoms with E-state index in [9.17, 15) is 9.90 Å². The summed E-state index contributed by atoms with van der Waals surface area (Å²) < 4.78 is 11.2. The molecular weight excluding hydrogens is 665 g/mol. The Labute approximate surface area is 336 Å². The Kier molecular flexibility index (Phi) is 45.6. The Morgan fingerprint density at radius 1 is 0.463 bits per heavy atom. The van der Waals surface area contributed by atoms with Crippen LogP contribution in [0.5, 0.6) is 0 Å². The summed E-state index contributed by atoms with van der Waals surface area (Å²) in [5.41, 5.74) is 0. The highest BCUT2D eigenvalue weighted by molar-refractivity contribution is 5.69. The molecule has 0 aliphatic rings. The van der Waals surface area contributed by atoms with Crippen molar-refractivity contribution in [1.82, 2.24) is 0 Å². The largest absolute Gasteiger partial charge is 0.457 e. The SMILES string of the molecule is CC/C=C\C/C=C\C/C=C\C/C=C\C/C=C\CCCCCCCCCCCC(=O)OC(CO)COCCCCCCCCCCCCCCCCCCC.